The molecule has 0 aliphatic carbocycles. The van der Waals surface area contributed by atoms with Crippen molar-refractivity contribution in [1.82, 2.24) is 4.90 Å². The van der Waals surface area contributed by atoms with E-state index < -0.39 is 0 Å². The van der Waals surface area contributed by atoms with Crippen molar-refractivity contribution in [2.24, 2.45) is 0 Å². The third-order valence-corrected chi connectivity index (χ3v) is 5.09. The highest BCUT2D eigenvalue weighted by molar-refractivity contribution is 7.16. The van der Waals surface area contributed by atoms with Crippen molar-refractivity contribution in [3.63, 3.8) is 0 Å². The number of allylic oxidation sites excluding steroid dienone is 2. The third kappa shape index (κ3) is 3.89. The summed E-state index contributed by atoms with van der Waals surface area (Å²) in [6.45, 7) is 11.0. The number of halogens is 1. The molecule has 2 aromatic rings. The summed E-state index contributed by atoms with van der Waals surface area (Å²) in [5.41, 5.74) is 4.23. The van der Waals surface area contributed by atoms with Gasteiger partial charge in [0.25, 0.3) is 0 Å². The van der Waals surface area contributed by atoms with Crippen molar-refractivity contribution in [1.29, 1.82) is 0 Å². The molecule has 3 rings (SSSR count). The Morgan fingerprint density at radius 1 is 1.23 bits per heavy atom. The Morgan fingerprint density at radius 2 is 1.91 bits per heavy atom. The van der Waals surface area contributed by atoms with Crippen LogP contribution in [0, 0.1) is 6.92 Å². The largest absolute Gasteiger partial charge is 0.300 e. The number of hydrogen-bond donors (Lipinski definition) is 0. The smallest absolute Gasteiger partial charge is 0.0934 e. The minimum atomic E-state index is 0.462. The fourth-order valence-corrected chi connectivity index (χ4v) is 4.21. The molecule has 22 heavy (non-hydrogen) atoms. The fourth-order valence-electron chi connectivity index (χ4n) is 2.79. The maximum Gasteiger partial charge on any atom is 0.0934 e. The monoisotopic (exact) mass is 331 g/mol. The summed E-state index contributed by atoms with van der Waals surface area (Å²) in [7, 11) is 2.18. The van der Waals surface area contributed by atoms with Crippen LogP contribution < -0.4 is 0 Å². The van der Waals surface area contributed by atoms with Crippen LogP contribution in [0.15, 0.2) is 55.6 Å². The van der Waals surface area contributed by atoms with E-state index in [-0.39, 0.29) is 0 Å². The minimum Gasteiger partial charge on any atom is -0.300 e. The van der Waals surface area contributed by atoms with Crippen LogP contribution in [0.3, 0.4) is 0 Å². The van der Waals surface area contributed by atoms with E-state index in [2.05, 4.69) is 62.4 Å². The zero-order valence-electron chi connectivity index (χ0n) is 13.2. The second kappa shape index (κ2) is 7.77. The van der Waals surface area contributed by atoms with Gasteiger partial charge in [0, 0.05) is 23.9 Å². The molecule has 116 valence electrons. The number of fused-ring (bicyclic) bond motifs is 1. The van der Waals surface area contributed by atoms with Crippen LogP contribution in [0.2, 0.25) is 4.34 Å². The normalized spacial score (nSPS) is 17.1. The van der Waals surface area contributed by atoms with E-state index in [9.17, 15) is 0 Å². The average molecular weight is 332 g/mol. The number of rotatable bonds is 2. The van der Waals surface area contributed by atoms with Gasteiger partial charge in [0.05, 0.1) is 4.34 Å². The van der Waals surface area contributed by atoms with Gasteiger partial charge in [0.2, 0.25) is 0 Å². The lowest BCUT2D eigenvalue weighted by atomic mass is 9.86. The summed E-state index contributed by atoms with van der Waals surface area (Å²) in [5.74, 6) is 0.462. The van der Waals surface area contributed by atoms with E-state index >= 15 is 0 Å². The van der Waals surface area contributed by atoms with Gasteiger partial charge in [-0.15, -0.1) is 11.3 Å². The second-order valence-electron chi connectivity index (χ2n) is 5.51. The molecule has 0 unspecified atom stereocenters. The Morgan fingerprint density at radius 3 is 2.55 bits per heavy atom. The molecule has 0 fully saturated rings. The summed E-state index contributed by atoms with van der Waals surface area (Å²) in [6, 6.07) is 10.8. The van der Waals surface area contributed by atoms with E-state index in [0.717, 1.165) is 17.4 Å². The second-order valence-corrected chi connectivity index (χ2v) is 7.27. The lowest BCUT2D eigenvalue weighted by Gasteiger charge is -2.31. The predicted octanol–water partition coefficient (Wildman–Crippen LogP) is 5.65. The summed E-state index contributed by atoms with van der Waals surface area (Å²) < 4.78 is 0.911. The molecule has 0 saturated heterocycles. The molecule has 1 nitrogen and oxygen atoms in total. The lowest BCUT2D eigenvalue weighted by Crippen LogP contribution is -2.30. The van der Waals surface area contributed by atoms with E-state index in [0.29, 0.717) is 5.92 Å². The average Bonchev–Trinajstić information content (AvgIpc) is 2.87. The van der Waals surface area contributed by atoms with Crippen LogP contribution in [0.5, 0.6) is 0 Å². The summed E-state index contributed by atoms with van der Waals surface area (Å²) in [5, 5.41) is 0. The van der Waals surface area contributed by atoms with Gasteiger partial charge < -0.3 is 4.90 Å². The van der Waals surface area contributed by atoms with Gasteiger partial charge in [-0.3, -0.25) is 0 Å². The Kier molecular flexibility index (Phi) is 6.01. The van der Waals surface area contributed by atoms with Gasteiger partial charge in [-0.25, -0.2) is 0 Å². The highest BCUT2D eigenvalue weighted by Gasteiger charge is 2.27. The van der Waals surface area contributed by atoms with Gasteiger partial charge in [-0.2, -0.15) is 0 Å². The summed E-state index contributed by atoms with van der Waals surface area (Å²) >= 11 is 7.91. The van der Waals surface area contributed by atoms with Crippen molar-refractivity contribution >= 4 is 22.9 Å². The van der Waals surface area contributed by atoms with Crippen molar-refractivity contribution in [3.8, 4) is 0 Å². The van der Waals surface area contributed by atoms with Crippen molar-refractivity contribution in [2.75, 3.05) is 13.6 Å². The molecule has 3 heteroatoms. The molecule has 0 bridgehead atoms. The highest BCUT2D eigenvalue weighted by Crippen LogP contribution is 2.40. The highest BCUT2D eigenvalue weighted by atomic mass is 35.5. The van der Waals surface area contributed by atoms with Crippen LogP contribution in [0.1, 0.15) is 27.5 Å². The molecule has 1 aliphatic heterocycles. The quantitative estimate of drug-likeness (QED) is 0.643. The van der Waals surface area contributed by atoms with E-state index in [4.69, 9.17) is 11.6 Å². The molecule has 2 heterocycles. The maximum absolute atomic E-state index is 6.19. The first-order chi connectivity index (χ1) is 10.6. The zero-order valence-corrected chi connectivity index (χ0v) is 14.8. The number of likely N-dealkylation sites (N-methyl/N-ethyl adjacent to an activating group) is 1. The Labute approximate surface area is 142 Å². The molecule has 0 amide bonds. The molecule has 1 aromatic carbocycles. The van der Waals surface area contributed by atoms with Crippen LogP contribution in [0.4, 0.5) is 0 Å². The number of aryl methyl sites for hydroxylation is 1. The predicted molar refractivity (Wildman–Crippen MR) is 99.1 cm³/mol. The van der Waals surface area contributed by atoms with Crippen molar-refractivity contribution in [2.45, 2.75) is 19.4 Å². The Bertz CT molecular complexity index is 653. The molecule has 1 aliphatic rings. The van der Waals surface area contributed by atoms with Crippen molar-refractivity contribution < 1.29 is 0 Å². The molecular weight excluding hydrogens is 310 g/mol. The molecule has 0 saturated carbocycles. The topological polar surface area (TPSA) is 3.24 Å². The standard InChI is InChI=1S/C15H16ClNS.C4H6/c1-10-5-3-4-6-11(10)13-8-17(2)9-14-12(13)7-15(16)18-14;1-3-4-2/h3-7,13H,8-9H2,1-2H3;3-4H,1-2H2/t13-;/m0./s1. The lowest BCUT2D eigenvalue weighted by molar-refractivity contribution is 0.299. The van der Waals surface area contributed by atoms with Gasteiger partial charge in [-0.1, -0.05) is 61.2 Å². The summed E-state index contributed by atoms with van der Waals surface area (Å²) in [4.78, 5) is 3.80. The van der Waals surface area contributed by atoms with Gasteiger partial charge >= 0.3 is 0 Å². The van der Waals surface area contributed by atoms with Gasteiger partial charge in [-0.05, 0) is 36.7 Å². The number of benzene rings is 1. The van der Waals surface area contributed by atoms with E-state index in [1.54, 1.807) is 23.5 Å². The minimum absolute atomic E-state index is 0.462. The van der Waals surface area contributed by atoms with Crippen LogP contribution in [-0.4, -0.2) is 18.5 Å². The van der Waals surface area contributed by atoms with E-state index in [1.807, 2.05) is 0 Å². The molecule has 1 atom stereocenters. The zero-order chi connectivity index (χ0) is 16.1. The number of nitrogens with zero attached hydrogens (tertiary/aromatic N) is 1. The Balaban J connectivity index is 0.000000396. The molecule has 0 radical (unpaired) electrons. The van der Waals surface area contributed by atoms with Crippen LogP contribution >= 0.6 is 22.9 Å². The number of hydrogen-bond acceptors (Lipinski definition) is 2. The number of thiophene rings is 1. The molecule has 0 N–H and O–H groups in total. The third-order valence-electron chi connectivity index (χ3n) is 3.83. The molecular formula is C19H22ClNS. The SMILES string of the molecule is C=CC=C.Cc1ccccc1[C@@H]1CN(C)Cc2sc(Cl)cc21. The van der Waals surface area contributed by atoms with Crippen LogP contribution in [0.25, 0.3) is 0 Å². The fraction of sp³-hybridized carbons (Fsp3) is 0.263. The first kappa shape index (κ1) is 17.0. The molecule has 0 spiro atoms. The first-order valence-corrected chi connectivity index (χ1v) is 8.52. The molecule has 1 aromatic heterocycles. The Hall–Kier alpha value is -1.35. The maximum atomic E-state index is 6.19. The van der Waals surface area contributed by atoms with Gasteiger partial charge in [0.1, 0.15) is 0 Å². The first-order valence-electron chi connectivity index (χ1n) is 7.32. The van der Waals surface area contributed by atoms with E-state index in [1.165, 1.54) is 21.6 Å². The summed E-state index contributed by atoms with van der Waals surface area (Å²) in [6.07, 6.45) is 3.28. The van der Waals surface area contributed by atoms with Crippen LogP contribution in [-0.2, 0) is 6.54 Å². The van der Waals surface area contributed by atoms with Crippen molar-refractivity contribution in [3.05, 3.63) is 81.5 Å². The van der Waals surface area contributed by atoms with Gasteiger partial charge in [0.15, 0.2) is 0 Å².